The van der Waals surface area contributed by atoms with Crippen molar-refractivity contribution in [2.24, 2.45) is 0 Å². The van der Waals surface area contributed by atoms with Gasteiger partial charge in [0.05, 0.1) is 6.54 Å². The van der Waals surface area contributed by atoms with Crippen molar-refractivity contribution in [3.63, 3.8) is 0 Å². The summed E-state index contributed by atoms with van der Waals surface area (Å²) in [5.41, 5.74) is 0.921. The first kappa shape index (κ1) is 15.0. The van der Waals surface area contributed by atoms with Gasteiger partial charge >= 0.3 is 6.18 Å². The molecule has 0 saturated carbocycles. The zero-order valence-electron chi connectivity index (χ0n) is 10.6. The smallest absolute Gasteiger partial charge is 0.411 e. The van der Waals surface area contributed by atoms with Gasteiger partial charge in [0.2, 0.25) is 0 Å². The molecule has 0 saturated heterocycles. The van der Waals surface area contributed by atoms with Crippen LogP contribution < -0.4 is 5.32 Å². The third-order valence-corrected chi connectivity index (χ3v) is 2.29. The van der Waals surface area contributed by atoms with E-state index in [2.05, 4.69) is 17.0 Å². The van der Waals surface area contributed by atoms with Crippen LogP contribution >= 0.6 is 0 Å². The summed E-state index contributed by atoms with van der Waals surface area (Å²) in [4.78, 5) is 0. The minimum atomic E-state index is -4.30. The fraction of sp³-hybridized carbons (Fsp3) is 0.667. The van der Waals surface area contributed by atoms with Crippen LogP contribution in [0, 0.1) is 6.92 Å². The molecule has 0 aromatic carbocycles. The van der Waals surface area contributed by atoms with Gasteiger partial charge in [0.25, 0.3) is 0 Å². The Bertz CT molecular complexity index is 361. The predicted molar refractivity (Wildman–Crippen MR) is 61.2 cm³/mol. The number of hydrogen-bond acceptors (Lipinski definition) is 3. The van der Waals surface area contributed by atoms with Crippen LogP contribution in [0.1, 0.15) is 30.4 Å². The number of nitrogens with one attached hydrogen (secondary N) is 1. The Morgan fingerprint density at radius 1 is 1.39 bits per heavy atom. The molecular formula is C12H18F3NO2. The second kappa shape index (κ2) is 6.80. The summed E-state index contributed by atoms with van der Waals surface area (Å²) in [6, 6.07) is 1.71. The van der Waals surface area contributed by atoms with Crippen molar-refractivity contribution in [2.75, 3.05) is 13.2 Å². The number of halogens is 3. The molecule has 1 rings (SSSR count). The maximum atomic E-state index is 11.9. The monoisotopic (exact) mass is 265 g/mol. The van der Waals surface area contributed by atoms with Gasteiger partial charge in [-0.25, -0.2) is 0 Å². The van der Waals surface area contributed by atoms with Gasteiger partial charge in [-0.1, -0.05) is 6.92 Å². The zero-order valence-corrected chi connectivity index (χ0v) is 10.6. The van der Waals surface area contributed by atoms with E-state index in [1.54, 1.807) is 6.07 Å². The molecule has 0 radical (unpaired) electrons. The third-order valence-electron chi connectivity index (χ3n) is 2.29. The molecule has 0 fully saturated rings. The van der Waals surface area contributed by atoms with Gasteiger partial charge in [-0.2, -0.15) is 13.2 Å². The molecule has 0 aliphatic heterocycles. The predicted octanol–water partition coefficient (Wildman–Crippen LogP) is 3.17. The minimum absolute atomic E-state index is 0.159. The van der Waals surface area contributed by atoms with Crippen LogP contribution in [0.15, 0.2) is 10.5 Å². The van der Waals surface area contributed by atoms with Gasteiger partial charge in [-0.3, -0.25) is 0 Å². The van der Waals surface area contributed by atoms with E-state index in [-0.39, 0.29) is 6.61 Å². The van der Waals surface area contributed by atoms with Crippen molar-refractivity contribution in [1.29, 1.82) is 0 Å². The lowest BCUT2D eigenvalue weighted by Gasteiger charge is -2.05. The third kappa shape index (κ3) is 5.55. The number of ether oxygens (including phenoxy) is 1. The Morgan fingerprint density at radius 2 is 2.11 bits per heavy atom. The molecule has 0 atom stereocenters. The second-order valence-electron chi connectivity index (χ2n) is 4.10. The molecule has 104 valence electrons. The minimum Gasteiger partial charge on any atom is -0.462 e. The molecule has 0 aliphatic rings. The molecule has 1 aromatic heterocycles. The summed E-state index contributed by atoms with van der Waals surface area (Å²) < 4.78 is 45.6. The summed E-state index contributed by atoms with van der Waals surface area (Å²) >= 11 is 0. The Morgan fingerprint density at radius 3 is 2.72 bits per heavy atom. The number of furan rings is 1. The molecule has 0 aliphatic carbocycles. The fourth-order valence-corrected chi connectivity index (χ4v) is 1.48. The first-order valence-electron chi connectivity index (χ1n) is 5.85. The molecule has 18 heavy (non-hydrogen) atoms. The highest BCUT2D eigenvalue weighted by Gasteiger charge is 2.27. The molecule has 1 N–H and O–H groups in total. The van der Waals surface area contributed by atoms with E-state index in [9.17, 15) is 13.2 Å². The largest absolute Gasteiger partial charge is 0.462 e. The molecular weight excluding hydrogens is 247 g/mol. The van der Waals surface area contributed by atoms with E-state index in [1.165, 1.54) is 0 Å². The van der Waals surface area contributed by atoms with Crippen molar-refractivity contribution in [3.05, 3.63) is 23.2 Å². The van der Waals surface area contributed by atoms with E-state index >= 15 is 0 Å². The van der Waals surface area contributed by atoms with Gasteiger partial charge < -0.3 is 14.5 Å². The lowest BCUT2D eigenvalue weighted by atomic mass is 10.2. The Hall–Kier alpha value is -1.01. The van der Waals surface area contributed by atoms with Gasteiger partial charge in [-0.15, -0.1) is 0 Å². The normalized spacial score (nSPS) is 12.1. The van der Waals surface area contributed by atoms with Crippen LogP contribution in [0.2, 0.25) is 0 Å². The summed E-state index contributed by atoms with van der Waals surface area (Å²) in [6.07, 6.45) is -3.28. The highest BCUT2D eigenvalue weighted by molar-refractivity contribution is 5.19. The summed E-state index contributed by atoms with van der Waals surface area (Å²) in [5, 5.41) is 3.17. The molecule has 6 heteroatoms. The topological polar surface area (TPSA) is 34.4 Å². The maximum Gasteiger partial charge on any atom is 0.411 e. The van der Waals surface area contributed by atoms with Gasteiger partial charge in [0.15, 0.2) is 0 Å². The number of rotatable bonds is 7. The van der Waals surface area contributed by atoms with Gasteiger partial charge in [0, 0.05) is 0 Å². The average Bonchev–Trinajstić information content (AvgIpc) is 2.58. The van der Waals surface area contributed by atoms with Crippen LogP contribution in [-0.4, -0.2) is 19.3 Å². The zero-order chi connectivity index (χ0) is 13.6. The van der Waals surface area contributed by atoms with E-state index in [4.69, 9.17) is 4.42 Å². The molecule has 0 spiro atoms. The summed E-state index contributed by atoms with van der Waals surface area (Å²) in [7, 11) is 0. The number of alkyl halides is 3. The van der Waals surface area contributed by atoms with Gasteiger partial charge in [-0.05, 0) is 31.5 Å². The molecule has 0 unspecified atom stereocenters. The second-order valence-corrected chi connectivity index (χ2v) is 4.10. The van der Waals surface area contributed by atoms with Crippen LogP contribution in [0.5, 0.6) is 0 Å². The Labute approximate surface area is 104 Å². The lowest BCUT2D eigenvalue weighted by molar-refractivity contribution is -0.177. The molecule has 1 aromatic rings. The van der Waals surface area contributed by atoms with Crippen LogP contribution in [0.3, 0.4) is 0 Å². The van der Waals surface area contributed by atoms with E-state index in [0.29, 0.717) is 12.3 Å². The Balaban J connectivity index is 2.41. The number of hydrogen-bond donors (Lipinski definition) is 1. The quantitative estimate of drug-likeness (QED) is 0.769. The van der Waals surface area contributed by atoms with Gasteiger partial charge in [0.1, 0.15) is 24.7 Å². The molecule has 1 heterocycles. The van der Waals surface area contributed by atoms with Crippen molar-refractivity contribution in [1.82, 2.24) is 5.32 Å². The van der Waals surface area contributed by atoms with Crippen LogP contribution in [0.4, 0.5) is 13.2 Å². The van der Waals surface area contributed by atoms with E-state index in [0.717, 1.165) is 24.3 Å². The molecule has 0 bridgehead atoms. The summed E-state index contributed by atoms with van der Waals surface area (Å²) in [6.45, 7) is 3.96. The highest BCUT2D eigenvalue weighted by Crippen LogP contribution is 2.18. The van der Waals surface area contributed by atoms with Crippen LogP contribution in [0.25, 0.3) is 0 Å². The molecule has 0 amide bonds. The van der Waals surface area contributed by atoms with E-state index < -0.39 is 12.8 Å². The Kier molecular flexibility index (Phi) is 5.68. The summed E-state index contributed by atoms with van der Waals surface area (Å²) in [5.74, 6) is 1.17. The number of aryl methyl sites for hydroxylation is 1. The average molecular weight is 265 g/mol. The first-order valence-corrected chi connectivity index (χ1v) is 5.85. The molecule has 3 nitrogen and oxygen atoms in total. The van der Waals surface area contributed by atoms with Crippen molar-refractivity contribution >= 4 is 0 Å². The SMILES string of the molecule is CCCNCc1oc(COCC(F)(F)F)cc1C. The fourth-order valence-electron chi connectivity index (χ4n) is 1.48. The van der Waals surface area contributed by atoms with Crippen LogP contribution in [-0.2, 0) is 17.9 Å². The van der Waals surface area contributed by atoms with Crippen molar-refractivity contribution < 1.29 is 22.3 Å². The lowest BCUT2D eigenvalue weighted by Crippen LogP contribution is -2.16. The van der Waals surface area contributed by atoms with Crippen molar-refractivity contribution in [2.45, 2.75) is 39.6 Å². The maximum absolute atomic E-state index is 11.9. The first-order chi connectivity index (χ1) is 8.42. The van der Waals surface area contributed by atoms with Crippen molar-refractivity contribution in [3.8, 4) is 0 Å². The standard InChI is InChI=1S/C12H18F3NO2/c1-3-4-16-6-11-9(2)5-10(18-11)7-17-8-12(13,14)15/h5,16H,3-4,6-8H2,1-2H3. The van der Waals surface area contributed by atoms with E-state index in [1.807, 2.05) is 6.92 Å². The highest BCUT2D eigenvalue weighted by atomic mass is 19.4.